The lowest BCUT2D eigenvalue weighted by molar-refractivity contribution is -0.145. The number of nitrogens with two attached hydrogens (primary N) is 1. The lowest BCUT2D eigenvalue weighted by atomic mass is 9.96. The summed E-state index contributed by atoms with van der Waals surface area (Å²) >= 11 is 0. The molecule has 0 spiro atoms. The van der Waals surface area contributed by atoms with Gasteiger partial charge < -0.3 is 25.8 Å². The van der Waals surface area contributed by atoms with Crippen LogP contribution in [0.4, 0.5) is 4.79 Å². The fraction of sp³-hybridized carbons (Fsp3) is 0.524. The van der Waals surface area contributed by atoms with Gasteiger partial charge in [-0.15, -0.1) is 0 Å². The maximum atomic E-state index is 12.7. The van der Waals surface area contributed by atoms with Crippen molar-refractivity contribution in [3.63, 3.8) is 0 Å². The molecule has 3 amide bonds. The molecule has 166 valence electrons. The number of esters is 1. The van der Waals surface area contributed by atoms with E-state index in [9.17, 15) is 19.2 Å². The van der Waals surface area contributed by atoms with E-state index < -0.39 is 41.9 Å². The van der Waals surface area contributed by atoms with Crippen molar-refractivity contribution in [2.75, 3.05) is 6.61 Å². The van der Waals surface area contributed by atoms with E-state index >= 15 is 0 Å². The number of carbonyl (C=O) groups is 4. The lowest BCUT2D eigenvalue weighted by Gasteiger charge is -2.26. The molecule has 0 heterocycles. The van der Waals surface area contributed by atoms with Gasteiger partial charge in [0, 0.05) is 0 Å². The predicted octanol–water partition coefficient (Wildman–Crippen LogP) is 1.50. The van der Waals surface area contributed by atoms with Crippen LogP contribution in [0.5, 0.6) is 0 Å². The molecule has 4 N–H and O–H groups in total. The molecule has 0 bridgehead atoms. The molecule has 0 aliphatic heterocycles. The van der Waals surface area contributed by atoms with E-state index in [-0.39, 0.29) is 25.6 Å². The van der Waals surface area contributed by atoms with E-state index in [0.29, 0.717) is 0 Å². The minimum atomic E-state index is -1.09. The lowest BCUT2D eigenvalue weighted by Crippen LogP contribution is -2.56. The van der Waals surface area contributed by atoms with Gasteiger partial charge in [0.1, 0.15) is 18.7 Å². The summed E-state index contributed by atoms with van der Waals surface area (Å²) < 4.78 is 10.0. The summed E-state index contributed by atoms with van der Waals surface area (Å²) in [6.07, 6.45) is -0.844. The molecular formula is C21H31N3O6. The quantitative estimate of drug-likeness (QED) is 0.463. The van der Waals surface area contributed by atoms with Crippen molar-refractivity contribution in [1.82, 2.24) is 10.6 Å². The summed E-state index contributed by atoms with van der Waals surface area (Å²) in [5.41, 5.74) is 6.21. The average molecular weight is 421 g/mol. The van der Waals surface area contributed by atoms with Gasteiger partial charge in [0.15, 0.2) is 0 Å². The molecule has 0 saturated heterocycles. The molecule has 0 unspecified atom stereocenters. The number of hydrogen-bond acceptors (Lipinski definition) is 6. The number of ether oxygens (including phenoxy) is 2. The first-order chi connectivity index (χ1) is 14.1. The Bertz CT molecular complexity index is 723. The Balaban J connectivity index is 2.72. The largest absolute Gasteiger partial charge is 0.466 e. The van der Waals surface area contributed by atoms with Crippen LogP contribution >= 0.6 is 0 Å². The Morgan fingerprint density at radius 2 is 1.60 bits per heavy atom. The second-order valence-electron chi connectivity index (χ2n) is 7.30. The van der Waals surface area contributed by atoms with Crippen LogP contribution in [0, 0.1) is 11.8 Å². The first-order valence-corrected chi connectivity index (χ1v) is 9.88. The van der Waals surface area contributed by atoms with Crippen LogP contribution in [0.3, 0.4) is 0 Å². The highest BCUT2D eigenvalue weighted by molar-refractivity contribution is 5.91. The molecule has 1 rings (SSSR count). The number of carbonyl (C=O) groups excluding carboxylic acids is 4. The van der Waals surface area contributed by atoms with Gasteiger partial charge in [-0.25, -0.2) is 4.79 Å². The third kappa shape index (κ3) is 8.50. The predicted molar refractivity (Wildman–Crippen MR) is 110 cm³/mol. The van der Waals surface area contributed by atoms with Gasteiger partial charge in [0.2, 0.25) is 11.8 Å². The summed E-state index contributed by atoms with van der Waals surface area (Å²) in [6.45, 7) is 7.03. The van der Waals surface area contributed by atoms with E-state index in [1.165, 1.54) is 0 Å². The first kappa shape index (κ1) is 24.9. The SMILES string of the molecule is CCOC(=O)C[C@@H](C)[C@H](NC(=O)[C@@H](NC(=O)OCc1ccccc1)C(C)C)C(N)=O. The molecule has 30 heavy (non-hydrogen) atoms. The average Bonchev–Trinajstić information content (AvgIpc) is 2.68. The summed E-state index contributed by atoms with van der Waals surface area (Å²) in [5.74, 6) is -2.74. The smallest absolute Gasteiger partial charge is 0.408 e. The van der Waals surface area contributed by atoms with Crippen molar-refractivity contribution in [1.29, 1.82) is 0 Å². The van der Waals surface area contributed by atoms with E-state index in [2.05, 4.69) is 10.6 Å². The fourth-order valence-electron chi connectivity index (χ4n) is 2.76. The van der Waals surface area contributed by atoms with Crippen molar-refractivity contribution in [2.24, 2.45) is 17.6 Å². The Morgan fingerprint density at radius 1 is 0.967 bits per heavy atom. The zero-order valence-electron chi connectivity index (χ0n) is 17.8. The van der Waals surface area contributed by atoms with Crippen LogP contribution in [0.15, 0.2) is 30.3 Å². The fourth-order valence-corrected chi connectivity index (χ4v) is 2.76. The summed E-state index contributed by atoms with van der Waals surface area (Å²) in [5, 5.41) is 5.05. The molecule has 0 saturated carbocycles. The second kappa shape index (κ2) is 12.5. The third-order valence-electron chi connectivity index (χ3n) is 4.40. The monoisotopic (exact) mass is 421 g/mol. The van der Waals surface area contributed by atoms with E-state index in [0.717, 1.165) is 5.56 Å². The van der Waals surface area contributed by atoms with E-state index in [4.69, 9.17) is 15.2 Å². The molecule has 0 aliphatic rings. The summed E-state index contributed by atoms with van der Waals surface area (Å²) in [7, 11) is 0. The van der Waals surface area contributed by atoms with Gasteiger partial charge in [-0.1, -0.05) is 51.1 Å². The molecule has 3 atom stereocenters. The zero-order valence-corrected chi connectivity index (χ0v) is 17.8. The van der Waals surface area contributed by atoms with Crippen molar-refractivity contribution in [3.8, 4) is 0 Å². The maximum absolute atomic E-state index is 12.7. The van der Waals surface area contributed by atoms with Crippen molar-refractivity contribution < 1.29 is 28.7 Å². The number of alkyl carbamates (subject to hydrolysis) is 1. The molecule has 9 nitrogen and oxygen atoms in total. The van der Waals surface area contributed by atoms with Gasteiger partial charge >= 0.3 is 12.1 Å². The molecule has 9 heteroatoms. The minimum absolute atomic E-state index is 0.0552. The number of amides is 3. The Morgan fingerprint density at radius 3 is 2.13 bits per heavy atom. The molecule has 1 aromatic rings. The summed E-state index contributed by atoms with van der Waals surface area (Å²) in [4.78, 5) is 48.4. The Hall–Kier alpha value is -3.10. The molecule has 0 aromatic heterocycles. The molecule has 0 aliphatic carbocycles. The number of rotatable bonds is 11. The van der Waals surface area contributed by atoms with Crippen molar-refractivity contribution in [3.05, 3.63) is 35.9 Å². The van der Waals surface area contributed by atoms with Gasteiger partial charge in [-0.05, 0) is 24.3 Å². The Kier molecular flexibility index (Phi) is 10.4. The number of nitrogens with one attached hydrogen (secondary N) is 2. The second-order valence-corrected chi connectivity index (χ2v) is 7.30. The van der Waals surface area contributed by atoms with Crippen LogP contribution in [0.25, 0.3) is 0 Å². The molecule has 0 fully saturated rings. The molecule has 1 aromatic carbocycles. The number of benzene rings is 1. The Labute approximate surface area is 176 Å². The normalized spacial score (nSPS) is 13.6. The highest BCUT2D eigenvalue weighted by Gasteiger charge is 2.32. The highest BCUT2D eigenvalue weighted by Crippen LogP contribution is 2.12. The minimum Gasteiger partial charge on any atom is -0.466 e. The van der Waals surface area contributed by atoms with Crippen LogP contribution in [0.2, 0.25) is 0 Å². The number of hydrogen-bond donors (Lipinski definition) is 3. The molecule has 0 radical (unpaired) electrons. The van der Waals surface area contributed by atoms with Crippen molar-refractivity contribution in [2.45, 2.75) is 52.8 Å². The van der Waals surface area contributed by atoms with Crippen LogP contribution < -0.4 is 16.4 Å². The topological polar surface area (TPSA) is 137 Å². The maximum Gasteiger partial charge on any atom is 0.408 e. The van der Waals surface area contributed by atoms with E-state index in [1.807, 2.05) is 30.3 Å². The summed E-state index contributed by atoms with van der Waals surface area (Å²) in [6, 6.07) is 7.06. The van der Waals surface area contributed by atoms with E-state index in [1.54, 1.807) is 27.7 Å². The number of primary amides is 1. The van der Waals surface area contributed by atoms with Crippen molar-refractivity contribution >= 4 is 23.9 Å². The third-order valence-corrected chi connectivity index (χ3v) is 4.40. The van der Waals surface area contributed by atoms with Gasteiger partial charge in [0.25, 0.3) is 0 Å². The first-order valence-electron chi connectivity index (χ1n) is 9.88. The standard InChI is InChI=1S/C21H31N3O6/c1-5-29-16(25)11-14(4)18(19(22)26)23-20(27)17(13(2)3)24-21(28)30-12-15-9-7-6-8-10-15/h6-10,13-14,17-18H,5,11-12H2,1-4H3,(H2,22,26)(H,23,27)(H,24,28)/t14-,17+,18+/m1/s1. The van der Waals surface area contributed by atoms with Crippen LogP contribution in [-0.2, 0) is 30.5 Å². The highest BCUT2D eigenvalue weighted by atomic mass is 16.5. The molecular weight excluding hydrogens is 390 g/mol. The zero-order chi connectivity index (χ0) is 22.7. The van der Waals surface area contributed by atoms with Gasteiger partial charge in [-0.2, -0.15) is 0 Å². The van der Waals surface area contributed by atoms with Crippen LogP contribution in [0.1, 0.15) is 39.7 Å². The van der Waals surface area contributed by atoms with Gasteiger partial charge in [-0.3, -0.25) is 14.4 Å². The van der Waals surface area contributed by atoms with Gasteiger partial charge in [0.05, 0.1) is 13.0 Å². The van der Waals surface area contributed by atoms with Crippen LogP contribution in [-0.4, -0.2) is 42.6 Å².